The molecular formula is C13H10Cl2FNO. The maximum atomic E-state index is 13.1. The van der Waals surface area contributed by atoms with Crippen molar-refractivity contribution in [3.63, 3.8) is 0 Å². The number of rotatable bonds is 3. The molecule has 0 amide bonds. The van der Waals surface area contributed by atoms with Gasteiger partial charge in [-0.25, -0.2) is 9.37 Å². The maximum Gasteiger partial charge on any atom is 0.219 e. The van der Waals surface area contributed by atoms with E-state index in [4.69, 9.17) is 27.9 Å². The third-order valence-corrected chi connectivity index (χ3v) is 3.05. The summed E-state index contributed by atoms with van der Waals surface area (Å²) in [6.45, 7) is 1.83. The first-order valence-corrected chi connectivity index (χ1v) is 6.16. The lowest BCUT2D eigenvalue weighted by atomic mass is 10.2. The number of pyridine rings is 1. The second kappa shape index (κ2) is 5.55. The molecule has 0 bridgehead atoms. The van der Waals surface area contributed by atoms with Gasteiger partial charge in [0.15, 0.2) is 0 Å². The highest BCUT2D eigenvalue weighted by Crippen LogP contribution is 2.27. The Balaban J connectivity index is 2.31. The third-order valence-electron chi connectivity index (χ3n) is 2.42. The van der Waals surface area contributed by atoms with E-state index in [0.29, 0.717) is 16.7 Å². The fraction of sp³-hybridized carbons (Fsp3) is 0.154. The lowest BCUT2D eigenvalue weighted by Crippen LogP contribution is -1.93. The fourth-order valence-corrected chi connectivity index (χ4v) is 1.87. The van der Waals surface area contributed by atoms with Crippen molar-refractivity contribution in [3.05, 3.63) is 52.4 Å². The molecule has 1 heterocycles. The molecule has 0 fully saturated rings. The van der Waals surface area contributed by atoms with E-state index in [2.05, 4.69) is 4.98 Å². The Kier molecular flexibility index (Phi) is 4.04. The molecule has 0 aliphatic carbocycles. The zero-order chi connectivity index (χ0) is 13.1. The molecule has 0 spiro atoms. The number of alkyl halides is 1. The molecule has 0 atom stereocenters. The van der Waals surface area contributed by atoms with Crippen molar-refractivity contribution in [3.8, 4) is 11.6 Å². The molecule has 5 heteroatoms. The van der Waals surface area contributed by atoms with Gasteiger partial charge in [0.25, 0.3) is 0 Å². The van der Waals surface area contributed by atoms with Crippen LogP contribution in [0.4, 0.5) is 4.39 Å². The first-order chi connectivity index (χ1) is 8.60. The Morgan fingerprint density at radius 3 is 2.83 bits per heavy atom. The van der Waals surface area contributed by atoms with E-state index in [1.807, 2.05) is 6.92 Å². The van der Waals surface area contributed by atoms with Gasteiger partial charge in [-0.3, -0.25) is 0 Å². The molecule has 2 rings (SSSR count). The lowest BCUT2D eigenvalue weighted by molar-refractivity contribution is 0.454. The molecule has 1 aromatic carbocycles. The molecular weight excluding hydrogens is 276 g/mol. The minimum atomic E-state index is -0.359. The number of hydrogen-bond donors (Lipinski definition) is 0. The first-order valence-electron chi connectivity index (χ1n) is 5.24. The van der Waals surface area contributed by atoms with Crippen molar-refractivity contribution < 1.29 is 9.13 Å². The molecule has 0 N–H and O–H groups in total. The highest BCUT2D eigenvalue weighted by atomic mass is 35.5. The third kappa shape index (κ3) is 2.92. The molecule has 1 aromatic heterocycles. The van der Waals surface area contributed by atoms with E-state index in [1.165, 1.54) is 18.3 Å². The van der Waals surface area contributed by atoms with E-state index in [-0.39, 0.29) is 11.7 Å². The molecule has 0 aliphatic rings. The van der Waals surface area contributed by atoms with E-state index in [9.17, 15) is 4.39 Å². The number of nitrogens with zero attached hydrogens (tertiary/aromatic N) is 1. The van der Waals surface area contributed by atoms with Gasteiger partial charge >= 0.3 is 0 Å². The fourth-order valence-electron chi connectivity index (χ4n) is 1.41. The Labute approximate surface area is 114 Å². The molecule has 0 unspecified atom stereocenters. The zero-order valence-electron chi connectivity index (χ0n) is 9.58. The number of benzene rings is 1. The van der Waals surface area contributed by atoms with Crippen LogP contribution in [0.15, 0.2) is 30.5 Å². The van der Waals surface area contributed by atoms with Gasteiger partial charge in [-0.15, -0.1) is 11.6 Å². The Morgan fingerprint density at radius 1 is 1.33 bits per heavy atom. The Morgan fingerprint density at radius 2 is 2.11 bits per heavy atom. The van der Waals surface area contributed by atoms with Crippen LogP contribution in [0.5, 0.6) is 11.6 Å². The molecule has 2 nitrogen and oxygen atoms in total. The average Bonchev–Trinajstić information content (AvgIpc) is 2.36. The maximum absolute atomic E-state index is 13.1. The van der Waals surface area contributed by atoms with Crippen molar-refractivity contribution in [2.75, 3.05) is 0 Å². The second-order valence-electron chi connectivity index (χ2n) is 3.76. The largest absolute Gasteiger partial charge is 0.439 e. The number of aromatic nitrogens is 1. The number of halogens is 3. The van der Waals surface area contributed by atoms with Crippen LogP contribution in [0.1, 0.15) is 11.1 Å². The molecule has 0 radical (unpaired) electrons. The van der Waals surface area contributed by atoms with Crippen LogP contribution in [0.3, 0.4) is 0 Å². The van der Waals surface area contributed by atoms with Crippen molar-refractivity contribution in [1.82, 2.24) is 4.98 Å². The summed E-state index contributed by atoms with van der Waals surface area (Å²) in [5.74, 6) is 0.663. The molecule has 18 heavy (non-hydrogen) atoms. The Hall–Kier alpha value is -1.32. The topological polar surface area (TPSA) is 22.1 Å². The van der Waals surface area contributed by atoms with Crippen LogP contribution in [0.25, 0.3) is 0 Å². The van der Waals surface area contributed by atoms with E-state index < -0.39 is 0 Å². The summed E-state index contributed by atoms with van der Waals surface area (Å²) in [6, 6.07) is 5.97. The average molecular weight is 286 g/mol. The molecule has 0 saturated heterocycles. The van der Waals surface area contributed by atoms with Crippen LogP contribution in [0, 0.1) is 12.7 Å². The van der Waals surface area contributed by atoms with Gasteiger partial charge in [-0.2, -0.15) is 0 Å². The lowest BCUT2D eigenvalue weighted by Gasteiger charge is -2.09. The van der Waals surface area contributed by atoms with Gasteiger partial charge in [0.1, 0.15) is 11.6 Å². The van der Waals surface area contributed by atoms with Crippen LogP contribution in [-0.4, -0.2) is 4.98 Å². The van der Waals surface area contributed by atoms with Crippen LogP contribution in [0.2, 0.25) is 5.02 Å². The summed E-state index contributed by atoms with van der Waals surface area (Å²) >= 11 is 11.6. The minimum Gasteiger partial charge on any atom is -0.439 e. The van der Waals surface area contributed by atoms with Gasteiger partial charge in [0.05, 0.1) is 5.02 Å². The van der Waals surface area contributed by atoms with Gasteiger partial charge in [0, 0.05) is 24.2 Å². The van der Waals surface area contributed by atoms with Crippen molar-refractivity contribution in [2.45, 2.75) is 12.8 Å². The first kappa shape index (κ1) is 13.1. The Bertz CT molecular complexity index is 575. The predicted molar refractivity (Wildman–Crippen MR) is 70.0 cm³/mol. The van der Waals surface area contributed by atoms with Crippen molar-refractivity contribution in [2.24, 2.45) is 0 Å². The molecule has 2 aromatic rings. The number of hydrogen-bond acceptors (Lipinski definition) is 2. The normalized spacial score (nSPS) is 10.4. The van der Waals surface area contributed by atoms with Crippen LogP contribution < -0.4 is 4.74 Å². The van der Waals surface area contributed by atoms with E-state index in [1.54, 1.807) is 12.1 Å². The van der Waals surface area contributed by atoms with Gasteiger partial charge in [-0.1, -0.05) is 17.7 Å². The monoisotopic (exact) mass is 285 g/mol. The van der Waals surface area contributed by atoms with E-state index in [0.717, 1.165) is 11.1 Å². The SMILES string of the molecule is Cc1ccc(F)cc1Oc1cc(CCl)c(Cl)cn1. The van der Waals surface area contributed by atoms with Crippen molar-refractivity contribution >= 4 is 23.2 Å². The van der Waals surface area contributed by atoms with Gasteiger partial charge < -0.3 is 4.74 Å². The smallest absolute Gasteiger partial charge is 0.219 e. The van der Waals surface area contributed by atoms with Crippen LogP contribution >= 0.6 is 23.2 Å². The summed E-state index contributed by atoms with van der Waals surface area (Å²) in [5.41, 5.74) is 1.54. The highest BCUT2D eigenvalue weighted by Gasteiger charge is 2.07. The highest BCUT2D eigenvalue weighted by molar-refractivity contribution is 6.32. The number of ether oxygens (including phenoxy) is 1. The summed E-state index contributed by atoms with van der Waals surface area (Å²) in [7, 11) is 0. The molecule has 0 aliphatic heterocycles. The number of aryl methyl sites for hydroxylation is 1. The van der Waals surface area contributed by atoms with Crippen LogP contribution in [-0.2, 0) is 5.88 Å². The second-order valence-corrected chi connectivity index (χ2v) is 4.43. The van der Waals surface area contributed by atoms with Gasteiger partial charge in [0.2, 0.25) is 5.88 Å². The summed E-state index contributed by atoms with van der Waals surface area (Å²) in [6.07, 6.45) is 1.46. The quantitative estimate of drug-likeness (QED) is 0.762. The molecule has 94 valence electrons. The minimum absolute atomic E-state index is 0.264. The summed E-state index contributed by atoms with van der Waals surface area (Å²) in [4.78, 5) is 4.02. The van der Waals surface area contributed by atoms with Crippen molar-refractivity contribution in [1.29, 1.82) is 0 Å². The zero-order valence-corrected chi connectivity index (χ0v) is 11.1. The predicted octanol–water partition coefficient (Wildman–Crippen LogP) is 4.71. The molecule has 0 saturated carbocycles. The van der Waals surface area contributed by atoms with Gasteiger partial charge in [-0.05, 0) is 24.1 Å². The summed E-state index contributed by atoms with van der Waals surface area (Å²) < 4.78 is 18.6. The standard InChI is InChI=1S/C13H10Cl2FNO/c1-8-2-3-10(16)5-12(8)18-13-4-9(6-14)11(15)7-17-13/h2-5,7H,6H2,1H3. The summed E-state index contributed by atoms with van der Waals surface area (Å²) in [5, 5.41) is 0.480. The van der Waals surface area contributed by atoms with E-state index >= 15 is 0 Å².